The number of aryl methyl sites for hydroxylation is 1. The highest BCUT2D eigenvalue weighted by atomic mass is 16.5. The Labute approximate surface area is 116 Å². The smallest absolute Gasteiger partial charge is 0.122 e. The number of rotatable bonds is 6. The van der Waals surface area contributed by atoms with Crippen LogP contribution in [-0.4, -0.2) is 26.9 Å². The first-order valence-electron chi connectivity index (χ1n) is 7.08. The number of hydrogen-bond acceptors (Lipinski definition) is 3. The van der Waals surface area contributed by atoms with E-state index in [9.17, 15) is 0 Å². The SMILES string of the molecule is CCc1ccc(OC)c(C(C)(CN)CC2COC2)c1. The Morgan fingerprint density at radius 3 is 2.63 bits per heavy atom. The van der Waals surface area contributed by atoms with Gasteiger partial charge in [0.05, 0.1) is 20.3 Å². The summed E-state index contributed by atoms with van der Waals surface area (Å²) in [6.07, 6.45) is 2.09. The minimum atomic E-state index is -0.0367. The van der Waals surface area contributed by atoms with Gasteiger partial charge in [-0.15, -0.1) is 0 Å². The molecule has 1 saturated heterocycles. The van der Waals surface area contributed by atoms with Gasteiger partial charge in [-0.05, 0) is 24.5 Å². The van der Waals surface area contributed by atoms with Gasteiger partial charge in [-0.2, -0.15) is 0 Å². The average Bonchev–Trinajstić information content (AvgIpc) is 2.42. The minimum Gasteiger partial charge on any atom is -0.496 e. The van der Waals surface area contributed by atoms with Crippen molar-refractivity contribution in [2.75, 3.05) is 26.9 Å². The first-order chi connectivity index (χ1) is 9.12. The zero-order chi connectivity index (χ0) is 13.9. The predicted octanol–water partition coefficient (Wildman–Crippen LogP) is 2.51. The Kier molecular flexibility index (Phi) is 4.48. The van der Waals surface area contributed by atoms with Gasteiger partial charge in [0.25, 0.3) is 0 Å². The van der Waals surface area contributed by atoms with Gasteiger partial charge in [0, 0.05) is 23.4 Å². The lowest BCUT2D eigenvalue weighted by atomic mass is 9.74. The van der Waals surface area contributed by atoms with Crippen LogP contribution in [0.1, 0.15) is 31.4 Å². The van der Waals surface area contributed by atoms with E-state index in [2.05, 4.69) is 32.0 Å². The molecule has 0 amide bonds. The quantitative estimate of drug-likeness (QED) is 0.857. The van der Waals surface area contributed by atoms with Crippen molar-refractivity contribution in [1.82, 2.24) is 0 Å². The Bertz CT molecular complexity index is 429. The average molecular weight is 263 g/mol. The van der Waals surface area contributed by atoms with Crippen LogP contribution in [0.3, 0.4) is 0 Å². The topological polar surface area (TPSA) is 44.5 Å². The summed E-state index contributed by atoms with van der Waals surface area (Å²) in [5, 5.41) is 0. The first kappa shape index (κ1) is 14.4. The Morgan fingerprint density at radius 1 is 1.42 bits per heavy atom. The molecule has 0 saturated carbocycles. The van der Waals surface area contributed by atoms with Crippen LogP contribution < -0.4 is 10.5 Å². The molecule has 0 radical (unpaired) electrons. The van der Waals surface area contributed by atoms with E-state index in [0.29, 0.717) is 12.5 Å². The normalized spacial score (nSPS) is 18.7. The van der Waals surface area contributed by atoms with E-state index in [1.807, 2.05) is 0 Å². The predicted molar refractivity (Wildman–Crippen MR) is 77.7 cm³/mol. The summed E-state index contributed by atoms with van der Waals surface area (Å²) in [5.74, 6) is 1.58. The van der Waals surface area contributed by atoms with E-state index in [0.717, 1.165) is 31.8 Å². The summed E-state index contributed by atoms with van der Waals surface area (Å²) in [4.78, 5) is 0. The summed E-state index contributed by atoms with van der Waals surface area (Å²) in [6, 6.07) is 6.45. The van der Waals surface area contributed by atoms with E-state index in [4.69, 9.17) is 15.2 Å². The molecule has 2 N–H and O–H groups in total. The minimum absolute atomic E-state index is 0.0367. The van der Waals surface area contributed by atoms with Crippen molar-refractivity contribution in [3.05, 3.63) is 29.3 Å². The summed E-state index contributed by atoms with van der Waals surface area (Å²) in [6.45, 7) is 6.78. The summed E-state index contributed by atoms with van der Waals surface area (Å²) in [5.41, 5.74) is 8.62. The second-order valence-corrected chi connectivity index (χ2v) is 5.76. The van der Waals surface area contributed by atoms with Gasteiger partial charge in [0.2, 0.25) is 0 Å². The molecule has 1 heterocycles. The standard InChI is InChI=1S/C16H25NO2/c1-4-12-5-6-15(18-3)14(7-12)16(2,11-17)8-13-9-19-10-13/h5-7,13H,4,8-11,17H2,1-3H3. The van der Waals surface area contributed by atoms with Gasteiger partial charge in [-0.25, -0.2) is 0 Å². The van der Waals surface area contributed by atoms with Crippen molar-refractivity contribution in [3.63, 3.8) is 0 Å². The molecule has 0 spiro atoms. The van der Waals surface area contributed by atoms with Crippen molar-refractivity contribution in [3.8, 4) is 5.75 Å². The van der Waals surface area contributed by atoms with Gasteiger partial charge in [-0.3, -0.25) is 0 Å². The fourth-order valence-corrected chi connectivity index (χ4v) is 2.79. The van der Waals surface area contributed by atoms with Crippen LogP contribution in [0.4, 0.5) is 0 Å². The maximum atomic E-state index is 6.08. The first-order valence-corrected chi connectivity index (χ1v) is 7.08. The fraction of sp³-hybridized carbons (Fsp3) is 0.625. The number of nitrogens with two attached hydrogens (primary N) is 1. The summed E-state index contributed by atoms with van der Waals surface area (Å²) in [7, 11) is 1.73. The summed E-state index contributed by atoms with van der Waals surface area (Å²) >= 11 is 0. The van der Waals surface area contributed by atoms with Crippen LogP contribution in [0.5, 0.6) is 5.75 Å². The molecule has 3 nitrogen and oxygen atoms in total. The number of ether oxygens (including phenoxy) is 2. The van der Waals surface area contributed by atoms with E-state index in [1.54, 1.807) is 7.11 Å². The van der Waals surface area contributed by atoms with Gasteiger partial charge in [0.1, 0.15) is 5.75 Å². The largest absolute Gasteiger partial charge is 0.496 e. The maximum Gasteiger partial charge on any atom is 0.122 e. The molecule has 0 aromatic heterocycles. The Hall–Kier alpha value is -1.06. The number of hydrogen-bond donors (Lipinski definition) is 1. The highest BCUT2D eigenvalue weighted by molar-refractivity contribution is 5.43. The zero-order valence-electron chi connectivity index (χ0n) is 12.2. The van der Waals surface area contributed by atoms with Crippen LogP contribution in [0.25, 0.3) is 0 Å². The van der Waals surface area contributed by atoms with Crippen LogP contribution in [-0.2, 0) is 16.6 Å². The van der Waals surface area contributed by atoms with Crippen LogP contribution in [0.2, 0.25) is 0 Å². The fourth-order valence-electron chi connectivity index (χ4n) is 2.79. The Balaban J connectivity index is 2.33. The Morgan fingerprint density at radius 2 is 2.16 bits per heavy atom. The molecule has 1 unspecified atom stereocenters. The molecule has 1 aromatic carbocycles. The molecule has 1 fully saturated rings. The van der Waals surface area contributed by atoms with Gasteiger partial charge >= 0.3 is 0 Å². The second kappa shape index (κ2) is 5.93. The monoisotopic (exact) mass is 263 g/mol. The van der Waals surface area contributed by atoms with Crippen molar-refractivity contribution in [2.45, 2.75) is 32.1 Å². The number of benzene rings is 1. The van der Waals surface area contributed by atoms with E-state index >= 15 is 0 Å². The molecule has 19 heavy (non-hydrogen) atoms. The molecule has 1 aliphatic rings. The maximum absolute atomic E-state index is 6.08. The summed E-state index contributed by atoms with van der Waals surface area (Å²) < 4.78 is 10.8. The molecule has 1 atom stereocenters. The molecular weight excluding hydrogens is 238 g/mol. The van der Waals surface area contributed by atoms with Crippen LogP contribution >= 0.6 is 0 Å². The van der Waals surface area contributed by atoms with Gasteiger partial charge < -0.3 is 15.2 Å². The van der Waals surface area contributed by atoms with Gasteiger partial charge in [0.15, 0.2) is 0 Å². The molecule has 1 aromatic rings. The third-order valence-electron chi connectivity index (χ3n) is 4.22. The van der Waals surface area contributed by atoms with E-state index < -0.39 is 0 Å². The molecule has 2 rings (SSSR count). The lowest BCUT2D eigenvalue weighted by Gasteiger charge is -2.37. The van der Waals surface area contributed by atoms with Crippen LogP contribution in [0, 0.1) is 5.92 Å². The lowest BCUT2D eigenvalue weighted by Crippen LogP contribution is -2.40. The van der Waals surface area contributed by atoms with Gasteiger partial charge in [-0.1, -0.05) is 26.0 Å². The third kappa shape index (κ3) is 2.93. The van der Waals surface area contributed by atoms with Crippen LogP contribution in [0.15, 0.2) is 18.2 Å². The lowest BCUT2D eigenvalue weighted by molar-refractivity contribution is -0.0442. The van der Waals surface area contributed by atoms with Crippen molar-refractivity contribution in [1.29, 1.82) is 0 Å². The van der Waals surface area contributed by atoms with E-state index in [-0.39, 0.29) is 5.41 Å². The van der Waals surface area contributed by atoms with Crippen molar-refractivity contribution in [2.24, 2.45) is 11.7 Å². The van der Waals surface area contributed by atoms with E-state index in [1.165, 1.54) is 11.1 Å². The zero-order valence-corrected chi connectivity index (χ0v) is 12.2. The molecule has 1 aliphatic heterocycles. The third-order valence-corrected chi connectivity index (χ3v) is 4.22. The second-order valence-electron chi connectivity index (χ2n) is 5.76. The number of methoxy groups -OCH3 is 1. The molecule has 0 bridgehead atoms. The molecular formula is C16H25NO2. The molecule has 0 aliphatic carbocycles. The highest BCUT2D eigenvalue weighted by Gasteiger charge is 2.34. The van der Waals surface area contributed by atoms with Crippen molar-refractivity contribution < 1.29 is 9.47 Å². The highest BCUT2D eigenvalue weighted by Crippen LogP contribution is 2.38. The molecule has 3 heteroatoms. The molecule has 106 valence electrons. The van der Waals surface area contributed by atoms with Crippen molar-refractivity contribution >= 4 is 0 Å².